The molecule has 0 spiro atoms. The fourth-order valence-corrected chi connectivity index (χ4v) is 4.65. The van der Waals surface area contributed by atoms with Gasteiger partial charge in [0.25, 0.3) is 5.69 Å². The number of carboxylic acids is 1. The normalized spacial score (nSPS) is 30.8. The summed E-state index contributed by atoms with van der Waals surface area (Å²) in [6.45, 7) is 0. The van der Waals surface area contributed by atoms with E-state index in [2.05, 4.69) is 0 Å². The first-order valence-corrected chi connectivity index (χ1v) is 7.79. The van der Waals surface area contributed by atoms with E-state index in [1.165, 1.54) is 0 Å². The number of rotatable bonds is 3. The number of aromatic carboxylic acids is 1. The lowest BCUT2D eigenvalue weighted by Gasteiger charge is -2.19. The number of hydrogen-bond acceptors (Lipinski definition) is 5. The second kappa shape index (κ2) is 4.86. The van der Waals surface area contributed by atoms with Crippen molar-refractivity contribution >= 4 is 29.2 Å². The highest BCUT2D eigenvalue weighted by Gasteiger charge is 2.61. The molecule has 4 atom stereocenters. The molecule has 3 fully saturated rings. The van der Waals surface area contributed by atoms with Crippen molar-refractivity contribution in [1.82, 2.24) is 0 Å². The molecule has 1 saturated heterocycles. The molecular weight excluding hydrogens is 316 g/mol. The Labute approximate surface area is 136 Å². The predicted octanol–water partition coefficient (Wildman–Crippen LogP) is 1.83. The Morgan fingerprint density at radius 2 is 1.75 bits per heavy atom. The second-order valence-electron chi connectivity index (χ2n) is 6.66. The van der Waals surface area contributed by atoms with Gasteiger partial charge in [0.1, 0.15) is 0 Å². The quantitative estimate of drug-likeness (QED) is 0.513. The number of benzene rings is 1. The largest absolute Gasteiger partial charge is 0.478 e. The van der Waals surface area contributed by atoms with Crippen LogP contribution in [0.25, 0.3) is 0 Å². The Kier molecular flexibility index (Phi) is 3.00. The van der Waals surface area contributed by atoms with Crippen LogP contribution in [0, 0.1) is 33.8 Å². The molecule has 0 unspecified atom stereocenters. The highest BCUT2D eigenvalue weighted by Crippen LogP contribution is 2.56. The molecule has 3 aliphatic rings. The summed E-state index contributed by atoms with van der Waals surface area (Å²) in [6, 6.07) is 3.13. The molecule has 0 radical (unpaired) electrons. The van der Waals surface area contributed by atoms with Crippen molar-refractivity contribution in [3.63, 3.8) is 0 Å². The van der Waals surface area contributed by atoms with Crippen LogP contribution < -0.4 is 4.90 Å². The van der Waals surface area contributed by atoms with Gasteiger partial charge in [0.05, 0.1) is 28.0 Å². The summed E-state index contributed by atoms with van der Waals surface area (Å²) in [7, 11) is 0. The number of non-ortho nitro benzene ring substituents is 1. The second-order valence-corrected chi connectivity index (χ2v) is 6.66. The van der Waals surface area contributed by atoms with E-state index in [0.717, 1.165) is 42.4 Å². The Bertz CT molecular complexity index is 776. The number of carbonyl (C=O) groups is 3. The molecule has 8 heteroatoms. The van der Waals surface area contributed by atoms with Crippen LogP contribution in [-0.2, 0) is 9.59 Å². The fraction of sp³-hybridized carbons (Fsp3) is 0.438. The van der Waals surface area contributed by atoms with Gasteiger partial charge < -0.3 is 5.11 Å². The lowest BCUT2D eigenvalue weighted by molar-refractivity contribution is -0.384. The highest BCUT2D eigenvalue weighted by molar-refractivity contribution is 6.24. The molecule has 1 aromatic rings. The first-order valence-electron chi connectivity index (χ1n) is 7.79. The van der Waals surface area contributed by atoms with Crippen molar-refractivity contribution in [1.29, 1.82) is 0 Å². The fourth-order valence-electron chi connectivity index (χ4n) is 4.65. The molecule has 2 aliphatic carbocycles. The third-order valence-electron chi connectivity index (χ3n) is 5.59. The lowest BCUT2D eigenvalue weighted by atomic mass is 9.81. The van der Waals surface area contributed by atoms with Crippen molar-refractivity contribution in [2.45, 2.75) is 19.3 Å². The minimum atomic E-state index is -1.33. The van der Waals surface area contributed by atoms with E-state index in [1.54, 1.807) is 0 Å². The van der Waals surface area contributed by atoms with Crippen LogP contribution in [0.15, 0.2) is 18.2 Å². The minimum Gasteiger partial charge on any atom is -0.478 e. The van der Waals surface area contributed by atoms with E-state index in [0.29, 0.717) is 0 Å². The molecule has 1 aromatic carbocycles. The van der Waals surface area contributed by atoms with E-state index in [9.17, 15) is 29.6 Å². The zero-order valence-corrected chi connectivity index (χ0v) is 12.5. The Balaban J connectivity index is 1.82. The molecular formula is C16H14N2O6. The minimum absolute atomic E-state index is 0.161. The van der Waals surface area contributed by atoms with E-state index >= 15 is 0 Å². The molecule has 2 amide bonds. The van der Waals surface area contributed by atoms with Crippen LogP contribution in [0.5, 0.6) is 0 Å². The topological polar surface area (TPSA) is 118 Å². The monoisotopic (exact) mass is 330 g/mol. The van der Waals surface area contributed by atoms with Gasteiger partial charge in [0.15, 0.2) is 0 Å². The summed E-state index contributed by atoms with van der Waals surface area (Å²) in [4.78, 5) is 48.2. The van der Waals surface area contributed by atoms with Gasteiger partial charge in [0.2, 0.25) is 11.8 Å². The first kappa shape index (κ1) is 14.8. The third kappa shape index (κ3) is 1.82. The molecule has 0 aromatic heterocycles. The number of imide groups is 1. The van der Waals surface area contributed by atoms with Gasteiger partial charge in [0, 0.05) is 12.1 Å². The summed E-state index contributed by atoms with van der Waals surface area (Å²) >= 11 is 0. The molecule has 24 heavy (non-hydrogen) atoms. The first-order chi connectivity index (χ1) is 11.4. The zero-order valence-electron chi connectivity index (χ0n) is 12.5. The Hall–Kier alpha value is -2.77. The predicted molar refractivity (Wildman–Crippen MR) is 80.4 cm³/mol. The van der Waals surface area contributed by atoms with Gasteiger partial charge in [-0.1, -0.05) is 0 Å². The number of carboxylic acid groups (broad SMARTS) is 1. The Morgan fingerprint density at radius 1 is 1.17 bits per heavy atom. The molecule has 2 bridgehead atoms. The number of hydrogen-bond donors (Lipinski definition) is 1. The van der Waals surface area contributed by atoms with Gasteiger partial charge in [-0.2, -0.15) is 0 Å². The average Bonchev–Trinajstić information content (AvgIpc) is 3.20. The molecule has 8 nitrogen and oxygen atoms in total. The smallest absolute Gasteiger partial charge is 0.337 e. The highest BCUT2D eigenvalue weighted by atomic mass is 16.6. The summed E-state index contributed by atoms with van der Waals surface area (Å²) in [5, 5.41) is 20.3. The Morgan fingerprint density at radius 3 is 2.25 bits per heavy atom. The van der Waals surface area contributed by atoms with Crippen molar-refractivity contribution in [2.75, 3.05) is 4.90 Å². The third-order valence-corrected chi connectivity index (χ3v) is 5.59. The number of anilines is 1. The summed E-state index contributed by atoms with van der Waals surface area (Å²) in [5.74, 6) is -2.66. The average molecular weight is 330 g/mol. The summed E-state index contributed by atoms with van der Waals surface area (Å²) in [5.41, 5.74) is -0.828. The van der Waals surface area contributed by atoms with Crippen LogP contribution in [0.4, 0.5) is 11.4 Å². The maximum atomic E-state index is 12.8. The maximum Gasteiger partial charge on any atom is 0.337 e. The molecule has 1 N–H and O–H groups in total. The van der Waals surface area contributed by atoms with Gasteiger partial charge in [-0.05, 0) is 37.2 Å². The van der Waals surface area contributed by atoms with Gasteiger partial charge in [-0.25, -0.2) is 9.69 Å². The molecule has 1 aliphatic heterocycles. The van der Waals surface area contributed by atoms with Crippen LogP contribution in [0.3, 0.4) is 0 Å². The van der Waals surface area contributed by atoms with Crippen molar-refractivity contribution in [3.8, 4) is 0 Å². The summed E-state index contributed by atoms with van der Waals surface area (Å²) < 4.78 is 0. The van der Waals surface area contributed by atoms with Crippen molar-refractivity contribution in [2.24, 2.45) is 23.7 Å². The van der Waals surface area contributed by atoms with E-state index in [1.807, 2.05) is 0 Å². The van der Waals surface area contributed by atoms with Gasteiger partial charge in [-0.3, -0.25) is 19.7 Å². The molecule has 124 valence electrons. The van der Waals surface area contributed by atoms with Gasteiger partial charge in [-0.15, -0.1) is 0 Å². The van der Waals surface area contributed by atoms with Crippen molar-refractivity contribution in [3.05, 3.63) is 33.9 Å². The van der Waals surface area contributed by atoms with Crippen LogP contribution in [-0.4, -0.2) is 27.8 Å². The SMILES string of the molecule is O=C(O)c1ccc([N+](=O)[O-])cc1N1C(=O)[C@H]2[C@H]3CC[C@@H](C3)[C@@H]2C1=O. The number of carbonyl (C=O) groups excluding carboxylic acids is 2. The zero-order chi connectivity index (χ0) is 17.2. The van der Waals surface area contributed by atoms with E-state index in [4.69, 9.17) is 0 Å². The van der Waals surface area contributed by atoms with Crippen LogP contribution in [0.1, 0.15) is 29.6 Å². The van der Waals surface area contributed by atoms with Gasteiger partial charge >= 0.3 is 5.97 Å². The van der Waals surface area contributed by atoms with E-state index < -0.39 is 34.5 Å². The molecule has 4 rings (SSSR count). The van der Waals surface area contributed by atoms with Crippen LogP contribution in [0.2, 0.25) is 0 Å². The molecule has 1 heterocycles. The van der Waals surface area contributed by atoms with Crippen molar-refractivity contribution < 1.29 is 24.4 Å². The number of amides is 2. The standard InChI is InChI=1S/C16H14N2O6/c19-14-12-7-1-2-8(5-7)13(12)15(20)17(14)11-6-9(18(23)24)3-4-10(11)16(21)22/h3-4,6-8,12-13H,1-2,5H2,(H,21,22)/t7-,8-,12-,13-/m0/s1. The number of nitrogens with zero attached hydrogens (tertiary/aromatic N) is 2. The van der Waals surface area contributed by atoms with Crippen LogP contribution >= 0.6 is 0 Å². The van der Waals surface area contributed by atoms with E-state index in [-0.39, 0.29) is 28.8 Å². The number of nitro benzene ring substituents is 1. The summed E-state index contributed by atoms with van der Waals surface area (Å²) in [6.07, 6.45) is 2.67. The molecule has 2 saturated carbocycles. The maximum absolute atomic E-state index is 12.8. The number of nitro groups is 1. The number of fused-ring (bicyclic) bond motifs is 5. The lowest BCUT2D eigenvalue weighted by Crippen LogP contribution is -2.34.